The zero-order chi connectivity index (χ0) is 32.0. The molecule has 3 heterocycles. The lowest BCUT2D eigenvalue weighted by Crippen LogP contribution is -2.06. The van der Waals surface area contributed by atoms with Gasteiger partial charge in [-0.25, -0.2) is 4.98 Å². The van der Waals surface area contributed by atoms with Gasteiger partial charge in [0, 0.05) is 32.7 Å². The second-order valence-corrected chi connectivity index (χ2v) is 10.2. The minimum absolute atomic E-state index is 0.0279. The Morgan fingerprint density at radius 2 is 1.14 bits per heavy atom. The molecule has 42 heavy (non-hydrogen) atoms. The Morgan fingerprint density at radius 1 is 0.524 bits per heavy atom. The molecule has 9 rings (SSSR count). The molecule has 0 spiro atoms. The first kappa shape index (κ1) is 18.5. The number of hydrogen-bond donors (Lipinski definition) is 0. The van der Waals surface area contributed by atoms with E-state index in [-0.39, 0.29) is 35.2 Å². The molecule has 0 radical (unpaired) electrons. The van der Waals surface area contributed by atoms with Crippen LogP contribution in [0.15, 0.2) is 138 Å². The van der Waals surface area contributed by atoms with Gasteiger partial charge in [0.15, 0.2) is 11.6 Å². The molecule has 0 aliphatic rings. The van der Waals surface area contributed by atoms with E-state index in [1.54, 1.807) is 0 Å². The highest BCUT2D eigenvalue weighted by molar-refractivity contribution is 6.11. The van der Waals surface area contributed by atoms with E-state index in [0.29, 0.717) is 11.1 Å². The number of rotatable bonds is 3. The summed E-state index contributed by atoms with van der Waals surface area (Å²) in [5.74, 6) is 0.496. The topological polar surface area (TPSA) is 56.7 Å². The van der Waals surface area contributed by atoms with E-state index >= 15 is 0 Å². The summed E-state index contributed by atoms with van der Waals surface area (Å²) in [4.78, 5) is 14.5. The molecule has 3 aromatic heterocycles. The highest BCUT2D eigenvalue weighted by atomic mass is 16.3. The molecule has 0 saturated heterocycles. The van der Waals surface area contributed by atoms with Gasteiger partial charge in [-0.1, -0.05) is 96.9 Å². The zero-order valence-electron chi connectivity index (χ0n) is 27.0. The van der Waals surface area contributed by atoms with Gasteiger partial charge >= 0.3 is 0 Å². The Kier molecular flexibility index (Phi) is 3.90. The van der Waals surface area contributed by atoms with Gasteiger partial charge in [-0.2, -0.15) is 9.97 Å². The van der Waals surface area contributed by atoms with Crippen LogP contribution in [0.1, 0.15) is 6.85 Å². The monoisotopic (exact) mass is 543 g/mol. The molecule has 5 heteroatoms. The van der Waals surface area contributed by atoms with Crippen LogP contribution in [0.3, 0.4) is 0 Å². The molecule has 0 N–H and O–H groups in total. The predicted octanol–water partition coefficient (Wildman–Crippen LogP) is 9.36. The minimum atomic E-state index is -0.483. The Morgan fingerprint density at radius 3 is 1.88 bits per heavy atom. The molecule has 9 aromatic rings. The van der Waals surface area contributed by atoms with E-state index in [1.165, 1.54) is 0 Å². The van der Waals surface area contributed by atoms with Crippen molar-refractivity contribution in [1.82, 2.24) is 19.5 Å². The van der Waals surface area contributed by atoms with Crippen LogP contribution in [-0.2, 0) is 0 Å². The van der Waals surface area contributed by atoms with Crippen LogP contribution in [0.25, 0.3) is 83.2 Å². The van der Waals surface area contributed by atoms with Gasteiger partial charge < -0.3 is 4.42 Å². The molecule has 0 amide bonds. The average Bonchev–Trinajstić information content (AvgIpc) is 3.63. The SMILES string of the molecule is [2H]c1c([2H])c([2H])c(-c2nc(-c3ccc4c(c3)oc3cc5ccccc5cc34)nc(-n3c4ccccc4c4ccccc43)n2)c([2H])c1[2H]. The van der Waals surface area contributed by atoms with Crippen molar-refractivity contribution in [2.75, 3.05) is 0 Å². The third kappa shape index (κ3) is 3.47. The summed E-state index contributed by atoms with van der Waals surface area (Å²) in [5.41, 5.74) is 3.65. The van der Waals surface area contributed by atoms with Gasteiger partial charge in [0.25, 0.3) is 0 Å². The first-order chi connectivity index (χ1) is 22.9. The van der Waals surface area contributed by atoms with Crippen LogP contribution in [0.2, 0.25) is 0 Å². The highest BCUT2D eigenvalue weighted by Gasteiger charge is 2.18. The Balaban J connectivity index is 1.33. The van der Waals surface area contributed by atoms with Crippen LogP contribution < -0.4 is 0 Å². The number of fused-ring (bicyclic) bond motifs is 7. The lowest BCUT2D eigenvalue weighted by Gasteiger charge is -2.10. The summed E-state index contributed by atoms with van der Waals surface area (Å²) in [6.07, 6.45) is 0. The molecule has 0 bridgehead atoms. The predicted molar refractivity (Wildman–Crippen MR) is 170 cm³/mol. The minimum Gasteiger partial charge on any atom is -0.456 e. The Labute approximate surface area is 247 Å². The third-order valence-corrected chi connectivity index (χ3v) is 7.73. The number of benzene rings is 6. The third-order valence-electron chi connectivity index (χ3n) is 7.73. The summed E-state index contributed by atoms with van der Waals surface area (Å²) < 4.78 is 50.4. The molecule has 0 saturated carbocycles. The van der Waals surface area contributed by atoms with Crippen molar-refractivity contribution in [1.29, 1.82) is 0 Å². The van der Waals surface area contributed by atoms with E-state index in [1.807, 2.05) is 89.5 Å². The summed E-state index contributed by atoms with van der Waals surface area (Å²) >= 11 is 0. The van der Waals surface area contributed by atoms with Crippen LogP contribution in [0.5, 0.6) is 0 Å². The lowest BCUT2D eigenvalue weighted by atomic mass is 10.1. The van der Waals surface area contributed by atoms with Gasteiger partial charge in [-0.3, -0.25) is 4.57 Å². The van der Waals surface area contributed by atoms with Crippen molar-refractivity contribution >= 4 is 54.5 Å². The fourth-order valence-corrected chi connectivity index (χ4v) is 5.81. The van der Waals surface area contributed by atoms with Crippen molar-refractivity contribution in [3.8, 4) is 28.7 Å². The fraction of sp³-hybridized carbons (Fsp3) is 0. The molecule has 0 aliphatic carbocycles. The second-order valence-electron chi connectivity index (χ2n) is 10.2. The summed E-state index contributed by atoms with van der Waals surface area (Å²) in [6.45, 7) is 0. The normalized spacial score (nSPS) is 13.5. The maximum absolute atomic E-state index is 8.69. The average molecular weight is 544 g/mol. The standard InChI is InChI=1S/C37H22N4O/c1-2-10-23(11-3-1)35-38-36(40-37(39-35)41-31-16-8-6-14-27(31)28-15-7-9-17-32(28)41)26-18-19-29-30-20-24-12-4-5-13-25(24)21-34(30)42-33(29)22-26/h1-22H/i1D,2D,3D,10D,11D. The maximum atomic E-state index is 8.69. The van der Waals surface area contributed by atoms with Crippen molar-refractivity contribution < 1.29 is 11.3 Å². The van der Waals surface area contributed by atoms with E-state index in [9.17, 15) is 0 Å². The number of para-hydroxylation sites is 2. The largest absolute Gasteiger partial charge is 0.456 e. The second kappa shape index (κ2) is 8.85. The Bertz CT molecular complexity index is 2690. The van der Waals surface area contributed by atoms with Crippen LogP contribution >= 0.6 is 0 Å². The van der Waals surface area contributed by atoms with Crippen molar-refractivity contribution in [2.24, 2.45) is 0 Å². The highest BCUT2D eigenvalue weighted by Crippen LogP contribution is 2.35. The summed E-state index contributed by atoms with van der Waals surface area (Å²) in [6, 6.07) is 31.7. The molecular weight excluding hydrogens is 516 g/mol. The summed E-state index contributed by atoms with van der Waals surface area (Å²) in [7, 11) is 0. The molecular formula is C37H22N4O. The molecule has 0 aliphatic heterocycles. The Hall–Kier alpha value is -5.81. The quantitative estimate of drug-likeness (QED) is 0.223. The smallest absolute Gasteiger partial charge is 0.238 e. The van der Waals surface area contributed by atoms with E-state index in [0.717, 1.165) is 48.9 Å². The van der Waals surface area contributed by atoms with Gasteiger partial charge in [0.05, 0.1) is 17.9 Å². The lowest BCUT2D eigenvalue weighted by molar-refractivity contribution is 0.669. The molecule has 196 valence electrons. The number of furan rings is 1. The number of hydrogen-bond acceptors (Lipinski definition) is 4. The van der Waals surface area contributed by atoms with E-state index in [2.05, 4.69) is 18.2 Å². The first-order valence-corrected chi connectivity index (χ1v) is 13.5. The van der Waals surface area contributed by atoms with Crippen molar-refractivity contribution in [2.45, 2.75) is 0 Å². The van der Waals surface area contributed by atoms with Gasteiger partial charge in [0.2, 0.25) is 5.95 Å². The van der Waals surface area contributed by atoms with Crippen molar-refractivity contribution in [3.63, 3.8) is 0 Å². The van der Waals surface area contributed by atoms with E-state index < -0.39 is 18.1 Å². The molecule has 0 atom stereocenters. The zero-order valence-corrected chi connectivity index (χ0v) is 22.0. The fourth-order valence-electron chi connectivity index (χ4n) is 5.81. The molecule has 0 unspecified atom stereocenters. The summed E-state index contributed by atoms with van der Waals surface area (Å²) in [5, 5.41) is 6.14. The maximum Gasteiger partial charge on any atom is 0.238 e. The van der Waals surface area contributed by atoms with Crippen LogP contribution in [0.4, 0.5) is 0 Å². The van der Waals surface area contributed by atoms with Crippen LogP contribution in [0, 0.1) is 0 Å². The van der Waals surface area contributed by atoms with Gasteiger partial charge in [-0.05, 0) is 47.2 Å². The van der Waals surface area contributed by atoms with Crippen molar-refractivity contribution in [3.05, 3.63) is 133 Å². The molecule has 5 nitrogen and oxygen atoms in total. The number of nitrogens with zero attached hydrogens (tertiary/aromatic N) is 4. The van der Waals surface area contributed by atoms with Gasteiger partial charge in [0.1, 0.15) is 11.2 Å². The number of aromatic nitrogens is 4. The first-order valence-electron chi connectivity index (χ1n) is 16.0. The molecule has 6 aromatic carbocycles. The molecule has 0 fully saturated rings. The van der Waals surface area contributed by atoms with Crippen LogP contribution in [-0.4, -0.2) is 19.5 Å². The van der Waals surface area contributed by atoms with Gasteiger partial charge in [-0.15, -0.1) is 0 Å². The van der Waals surface area contributed by atoms with E-state index in [4.69, 9.17) is 26.2 Å².